The number of sulfonamides is 1. The Labute approximate surface area is 155 Å². The Morgan fingerprint density at radius 1 is 1.31 bits per heavy atom. The molecule has 142 valence electrons. The summed E-state index contributed by atoms with van der Waals surface area (Å²) in [5.74, 6) is 0.355. The van der Waals surface area contributed by atoms with Crippen molar-refractivity contribution in [1.29, 1.82) is 0 Å². The van der Waals surface area contributed by atoms with Gasteiger partial charge in [-0.1, -0.05) is 12.1 Å². The Bertz CT molecular complexity index is 816. The lowest BCUT2D eigenvalue weighted by molar-refractivity contribution is 0.134. The highest BCUT2D eigenvalue weighted by Gasteiger charge is 2.35. The van der Waals surface area contributed by atoms with Gasteiger partial charge in [0.15, 0.2) is 5.76 Å². The summed E-state index contributed by atoms with van der Waals surface area (Å²) in [4.78, 5) is 6.61. The number of aryl methyl sites for hydroxylation is 2. The normalized spacial score (nSPS) is 19.2. The van der Waals surface area contributed by atoms with Gasteiger partial charge in [0.2, 0.25) is 10.0 Å². The Kier molecular flexibility index (Phi) is 5.74. The number of rotatable bonds is 6. The molecule has 0 amide bonds. The van der Waals surface area contributed by atoms with E-state index in [0.717, 1.165) is 25.9 Å². The van der Waals surface area contributed by atoms with Crippen molar-refractivity contribution in [2.45, 2.75) is 51.1 Å². The summed E-state index contributed by atoms with van der Waals surface area (Å²) < 4.78 is 32.9. The van der Waals surface area contributed by atoms with Crippen molar-refractivity contribution >= 4 is 10.0 Å². The first-order valence-electron chi connectivity index (χ1n) is 8.99. The SMILES string of the molecule is CCN(Cc1ccncc1)C1CCCN(S(=O)(=O)c2c(C)noc2C)C1. The molecule has 2 aromatic rings. The maximum Gasteiger partial charge on any atom is 0.248 e. The Morgan fingerprint density at radius 2 is 2.04 bits per heavy atom. The van der Waals surface area contributed by atoms with Gasteiger partial charge >= 0.3 is 0 Å². The number of pyridine rings is 1. The lowest BCUT2D eigenvalue weighted by Crippen LogP contribution is -2.49. The zero-order chi connectivity index (χ0) is 18.7. The first-order chi connectivity index (χ1) is 12.4. The molecule has 3 rings (SSSR count). The Hall–Kier alpha value is -1.77. The molecule has 8 heteroatoms. The summed E-state index contributed by atoms with van der Waals surface area (Å²) in [6, 6.07) is 4.20. The standard InChI is InChI=1S/C18H26N4O3S/c1-4-21(12-16-7-9-19-10-8-16)17-6-5-11-22(13-17)26(23,24)18-14(2)20-25-15(18)3/h7-10,17H,4-6,11-13H2,1-3H3. The van der Waals surface area contributed by atoms with Crippen molar-refractivity contribution in [2.24, 2.45) is 0 Å². The molecule has 0 N–H and O–H groups in total. The van der Waals surface area contributed by atoms with Crippen LogP contribution in [0.2, 0.25) is 0 Å². The summed E-state index contributed by atoms with van der Waals surface area (Å²) in [5.41, 5.74) is 1.61. The molecule has 1 saturated heterocycles. The fraction of sp³-hybridized carbons (Fsp3) is 0.556. The predicted molar refractivity (Wildman–Crippen MR) is 98.1 cm³/mol. The van der Waals surface area contributed by atoms with Gasteiger partial charge in [0.05, 0.1) is 0 Å². The molecule has 0 radical (unpaired) electrons. The third-order valence-corrected chi connectivity index (χ3v) is 7.09. The number of likely N-dealkylation sites (N-methyl/N-ethyl adjacent to an activating group) is 1. The van der Waals surface area contributed by atoms with E-state index in [-0.39, 0.29) is 10.9 Å². The van der Waals surface area contributed by atoms with Crippen molar-refractivity contribution in [3.63, 3.8) is 0 Å². The molecule has 7 nitrogen and oxygen atoms in total. The molecule has 1 unspecified atom stereocenters. The smallest absolute Gasteiger partial charge is 0.248 e. The van der Waals surface area contributed by atoms with Crippen molar-refractivity contribution in [3.8, 4) is 0 Å². The Morgan fingerprint density at radius 3 is 2.65 bits per heavy atom. The fourth-order valence-corrected chi connectivity index (χ4v) is 5.44. The van der Waals surface area contributed by atoms with E-state index >= 15 is 0 Å². The highest BCUT2D eigenvalue weighted by Crippen LogP contribution is 2.27. The second kappa shape index (κ2) is 7.85. The monoisotopic (exact) mass is 378 g/mol. The van der Waals surface area contributed by atoms with Crippen LogP contribution in [0.5, 0.6) is 0 Å². The van der Waals surface area contributed by atoms with Crippen LogP contribution in [-0.2, 0) is 16.6 Å². The van der Waals surface area contributed by atoms with Gasteiger partial charge in [0.25, 0.3) is 0 Å². The fourth-order valence-electron chi connectivity index (χ4n) is 3.63. The number of hydrogen-bond acceptors (Lipinski definition) is 6. The highest BCUT2D eigenvalue weighted by molar-refractivity contribution is 7.89. The van der Waals surface area contributed by atoms with Gasteiger partial charge in [-0.3, -0.25) is 9.88 Å². The summed E-state index contributed by atoms with van der Waals surface area (Å²) in [6.45, 7) is 8.13. The third-order valence-electron chi connectivity index (χ3n) is 4.98. The van der Waals surface area contributed by atoms with E-state index in [1.54, 1.807) is 30.5 Å². The van der Waals surface area contributed by atoms with Crippen LogP contribution in [0.3, 0.4) is 0 Å². The maximum atomic E-state index is 13.1. The van der Waals surface area contributed by atoms with E-state index in [1.165, 1.54) is 5.56 Å². The second-order valence-corrected chi connectivity index (χ2v) is 8.61. The molecule has 1 aliphatic rings. The largest absolute Gasteiger partial charge is 0.360 e. The van der Waals surface area contributed by atoms with Gasteiger partial charge in [0, 0.05) is 38.1 Å². The van der Waals surface area contributed by atoms with Crippen LogP contribution in [0.25, 0.3) is 0 Å². The van der Waals surface area contributed by atoms with E-state index in [1.807, 2.05) is 12.1 Å². The molecule has 26 heavy (non-hydrogen) atoms. The average Bonchev–Trinajstić information content (AvgIpc) is 2.99. The van der Waals surface area contributed by atoms with Crippen LogP contribution in [0, 0.1) is 13.8 Å². The van der Waals surface area contributed by atoms with Crippen LogP contribution < -0.4 is 0 Å². The molecule has 0 aliphatic carbocycles. The van der Waals surface area contributed by atoms with Crippen LogP contribution in [-0.4, -0.2) is 53.4 Å². The van der Waals surface area contributed by atoms with E-state index in [4.69, 9.17) is 4.52 Å². The van der Waals surface area contributed by atoms with Gasteiger partial charge in [0.1, 0.15) is 10.6 Å². The minimum atomic E-state index is -3.59. The quantitative estimate of drug-likeness (QED) is 0.768. The van der Waals surface area contributed by atoms with E-state index < -0.39 is 10.0 Å². The molecule has 0 spiro atoms. The van der Waals surface area contributed by atoms with Crippen molar-refractivity contribution < 1.29 is 12.9 Å². The van der Waals surface area contributed by atoms with Gasteiger partial charge in [-0.2, -0.15) is 4.31 Å². The lowest BCUT2D eigenvalue weighted by atomic mass is 10.1. The molecule has 2 aromatic heterocycles. The molecule has 0 aromatic carbocycles. The molecule has 1 aliphatic heterocycles. The van der Waals surface area contributed by atoms with Crippen molar-refractivity contribution in [1.82, 2.24) is 19.3 Å². The molecular weight excluding hydrogens is 352 g/mol. The van der Waals surface area contributed by atoms with Crippen molar-refractivity contribution in [2.75, 3.05) is 19.6 Å². The van der Waals surface area contributed by atoms with Crippen LogP contribution in [0.15, 0.2) is 33.9 Å². The molecular formula is C18H26N4O3S. The molecule has 0 bridgehead atoms. The van der Waals surface area contributed by atoms with Gasteiger partial charge in [-0.05, 0) is 50.9 Å². The number of nitrogens with zero attached hydrogens (tertiary/aromatic N) is 4. The highest BCUT2D eigenvalue weighted by atomic mass is 32.2. The zero-order valence-corrected chi connectivity index (χ0v) is 16.4. The van der Waals surface area contributed by atoms with Crippen LogP contribution in [0.1, 0.15) is 36.8 Å². The van der Waals surface area contributed by atoms with Gasteiger partial charge < -0.3 is 4.52 Å². The first kappa shape index (κ1) is 19.0. The van der Waals surface area contributed by atoms with Gasteiger partial charge in [-0.15, -0.1) is 0 Å². The second-order valence-electron chi connectivity index (χ2n) is 6.73. The third kappa shape index (κ3) is 3.82. The maximum absolute atomic E-state index is 13.1. The van der Waals surface area contributed by atoms with Crippen LogP contribution in [0.4, 0.5) is 0 Å². The van der Waals surface area contributed by atoms with Crippen molar-refractivity contribution in [3.05, 3.63) is 41.5 Å². The topological polar surface area (TPSA) is 79.5 Å². The minimum absolute atomic E-state index is 0.192. The first-order valence-corrected chi connectivity index (χ1v) is 10.4. The lowest BCUT2D eigenvalue weighted by Gasteiger charge is -2.38. The summed E-state index contributed by atoms with van der Waals surface area (Å²) in [7, 11) is -3.59. The summed E-state index contributed by atoms with van der Waals surface area (Å²) in [5, 5.41) is 3.81. The molecule has 0 saturated carbocycles. The average molecular weight is 378 g/mol. The molecule has 1 fully saturated rings. The van der Waals surface area contributed by atoms with E-state index in [2.05, 4.69) is 22.0 Å². The van der Waals surface area contributed by atoms with Crippen LogP contribution >= 0.6 is 0 Å². The number of piperidine rings is 1. The summed E-state index contributed by atoms with van der Waals surface area (Å²) in [6.07, 6.45) is 5.42. The number of hydrogen-bond donors (Lipinski definition) is 0. The predicted octanol–water partition coefficient (Wildman–Crippen LogP) is 2.36. The minimum Gasteiger partial charge on any atom is -0.360 e. The number of aromatic nitrogens is 2. The van der Waals surface area contributed by atoms with E-state index in [9.17, 15) is 8.42 Å². The van der Waals surface area contributed by atoms with E-state index in [0.29, 0.717) is 24.5 Å². The zero-order valence-electron chi connectivity index (χ0n) is 15.6. The Balaban J connectivity index is 1.78. The molecule has 3 heterocycles. The molecule has 1 atom stereocenters. The summed E-state index contributed by atoms with van der Waals surface area (Å²) >= 11 is 0. The van der Waals surface area contributed by atoms with Gasteiger partial charge in [-0.25, -0.2) is 8.42 Å².